The molecule has 0 saturated carbocycles. The Kier molecular flexibility index (Phi) is 6.22. The van der Waals surface area contributed by atoms with Crippen molar-refractivity contribution in [3.63, 3.8) is 0 Å². The average Bonchev–Trinajstić information content (AvgIpc) is 2.65. The van der Waals surface area contributed by atoms with Crippen LogP contribution in [0.4, 0.5) is 17.1 Å². The maximum atomic E-state index is 10.7. The molecule has 156 valence electrons. The van der Waals surface area contributed by atoms with Gasteiger partial charge in [-0.05, 0) is 67.6 Å². The molecule has 0 bridgehead atoms. The van der Waals surface area contributed by atoms with Gasteiger partial charge >= 0.3 is 0 Å². The number of phenolic OH excluding ortho intramolecular Hbond substituents is 1. The van der Waals surface area contributed by atoms with Gasteiger partial charge in [0.05, 0.1) is 5.69 Å². The van der Waals surface area contributed by atoms with Gasteiger partial charge in [0.2, 0.25) is 0 Å². The van der Waals surface area contributed by atoms with Crippen LogP contribution in [0.1, 0.15) is 43.0 Å². The maximum Gasteiger partial charge on any atom is 0.146 e. The van der Waals surface area contributed by atoms with E-state index in [0.29, 0.717) is 17.1 Å². The molecule has 0 aliphatic rings. The Morgan fingerprint density at radius 2 is 1.53 bits per heavy atom. The molecule has 3 rings (SSSR count). The smallest absolute Gasteiger partial charge is 0.146 e. The first-order valence-electron chi connectivity index (χ1n) is 9.95. The number of aryl methyl sites for hydroxylation is 3. The summed E-state index contributed by atoms with van der Waals surface area (Å²) in [6.07, 6.45) is 0. The fourth-order valence-electron chi connectivity index (χ4n) is 3.23. The molecule has 0 aliphatic heterocycles. The molecular weight excluding hydrogens is 390 g/mol. The lowest BCUT2D eigenvalue weighted by molar-refractivity contribution is 0.447. The summed E-state index contributed by atoms with van der Waals surface area (Å²) in [5, 5.41) is 19.4. The molecule has 3 aromatic rings. The Morgan fingerprint density at radius 3 is 2.20 bits per heavy atom. The molecule has 0 aromatic heterocycles. The van der Waals surface area contributed by atoms with Crippen LogP contribution < -0.4 is 5.73 Å². The van der Waals surface area contributed by atoms with Gasteiger partial charge in [0.25, 0.3) is 0 Å². The van der Waals surface area contributed by atoms with E-state index in [-0.39, 0.29) is 11.2 Å². The van der Waals surface area contributed by atoms with Crippen LogP contribution in [0.15, 0.2) is 68.6 Å². The summed E-state index contributed by atoms with van der Waals surface area (Å²) in [5.74, 6) is 0.163. The number of hydrogen-bond donors (Lipinski definition) is 2. The van der Waals surface area contributed by atoms with E-state index in [1.54, 1.807) is 11.8 Å². The third kappa shape index (κ3) is 5.03. The van der Waals surface area contributed by atoms with E-state index in [1.807, 2.05) is 37.3 Å². The molecule has 0 saturated heterocycles. The molecule has 0 amide bonds. The summed E-state index contributed by atoms with van der Waals surface area (Å²) in [6.45, 7) is 12.4. The first kappa shape index (κ1) is 21.9. The summed E-state index contributed by atoms with van der Waals surface area (Å²) >= 11 is 1.67. The highest BCUT2D eigenvalue weighted by molar-refractivity contribution is 7.99. The standard InChI is InChI=1S/C25H29N3OS/c1-15-7-10-23(17(3)11-15)30-18-8-9-20(26)21(14-18)27-28-22-13-16(2)12-19(24(22)29)25(4,5)6/h7-14,29H,26H2,1-6H3. The van der Waals surface area contributed by atoms with E-state index in [2.05, 4.69) is 63.0 Å². The predicted octanol–water partition coefficient (Wildman–Crippen LogP) is 7.76. The van der Waals surface area contributed by atoms with Crippen molar-refractivity contribution in [2.45, 2.75) is 56.7 Å². The van der Waals surface area contributed by atoms with Crippen LogP contribution in [0.25, 0.3) is 0 Å². The molecule has 0 aliphatic carbocycles. The van der Waals surface area contributed by atoms with Crippen molar-refractivity contribution in [2.24, 2.45) is 10.2 Å². The van der Waals surface area contributed by atoms with Gasteiger partial charge in [-0.25, -0.2) is 0 Å². The number of nitrogen functional groups attached to an aromatic ring is 1. The second-order valence-corrected chi connectivity index (χ2v) is 9.84. The predicted molar refractivity (Wildman–Crippen MR) is 127 cm³/mol. The molecule has 0 heterocycles. The van der Waals surface area contributed by atoms with Crippen LogP contribution in [0, 0.1) is 20.8 Å². The lowest BCUT2D eigenvalue weighted by atomic mass is 9.85. The number of nitrogens with zero attached hydrogens (tertiary/aromatic N) is 2. The highest BCUT2D eigenvalue weighted by atomic mass is 32.2. The zero-order valence-corrected chi connectivity index (χ0v) is 19.3. The van der Waals surface area contributed by atoms with Gasteiger partial charge in [0.1, 0.15) is 17.1 Å². The van der Waals surface area contributed by atoms with Crippen LogP contribution in [-0.2, 0) is 5.41 Å². The minimum atomic E-state index is -0.193. The van der Waals surface area contributed by atoms with E-state index in [0.717, 1.165) is 16.0 Å². The van der Waals surface area contributed by atoms with Gasteiger partial charge in [-0.2, -0.15) is 0 Å². The minimum absolute atomic E-state index is 0.163. The van der Waals surface area contributed by atoms with Gasteiger partial charge < -0.3 is 10.8 Å². The Bertz CT molecular complexity index is 1110. The molecule has 0 unspecified atom stereocenters. The highest BCUT2D eigenvalue weighted by Crippen LogP contribution is 2.40. The molecule has 5 heteroatoms. The first-order chi connectivity index (χ1) is 14.0. The third-order valence-electron chi connectivity index (χ3n) is 4.87. The van der Waals surface area contributed by atoms with Crippen LogP contribution in [0.3, 0.4) is 0 Å². The molecule has 3 aromatic carbocycles. The fraction of sp³-hybridized carbons (Fsp3) is 0.280. The van der Waals surface area contributed by atoms with Crippen molar-refractivity contribution >= 4 is 28.8 Å². The highest BCUT2D eigenvalue weighted by Gasteiger charge is 2.21. The van der Waals surface area contributed by atoms with Gasteiger partial charge in [-0.15, -0.1) is 10.2 Å². The number of rotatable bonds is 4. The fourth-order valence-corrected chi connectivity index (χ4v) is 4.15. The van der Waals surface area contributed by atoms with E-state index in [9.17, 15) is 5.11 Å². The monoisotopic (exact) mass is 419 g/mol. The van der Waals surface area contributed by atoms with Crippen LogP contribution >= 0.6 is 11.8 Å². The SMILES string of the molecule is Cc1ccc(Sc2ccc(N)c(N=Nc3cc(C)cc(C(C)(C)C)c3O)c2)c(C)c1. The zero-order valence-electron chi connectivity index (χ0n) is 18.4. The number of hydrogen-bond acceptors (Lipinski definition) is 5. The number of azo groups is 1. The Hall–Kier alpha value is -2.79. The van der Waals surface area contributed by atoms with Gasteiger partial charge in [-0.1, -0.05) is 56.3 Å². The van der Waals surface area contributed by atoms with Crippen molar-refractivity contribution in [2.75, 3.05) is 5.73 Å². The number of benzene rings is 3. The van der Waals surface area contributed by atoms with Crippen LogP contribution in [0.2, 0.25) is 0 Å². The molecule has 0 spiro atoms. The van der Waals surface area contributed by atoms with E-state index in [4.69, 9.17) is 5.73 Å². The molecule has 0 atom stereocenters. The summed E-state index contributed by atoms with van der Waals surface area (Å²) in [4.78, 5) is 2.23. The van der Waals surface area contributed by atoms with E-state index in [1.165, 1.54) is 16.0 Å². The van der Waals surface area contributed by atoms with Crippen molar-refractivity contribution < 1.29 is 5.11 Å². The maximum absolute atomic E-state index is 10.7. The van der Waals surface area contributed by atoms with Crippen LogP contribution in [0.5, 0.6) is 5.75 Å². The van der Waals surface area contributed by atoms with Gasteiger partial charge in [0, 0.05) is 15.4 Å². The normalized spacial score (nSPS) is 11.9. The summed E-state index contributed by atoms with van der Waals surface area (Å²) in [7, 11) is 0. The lowest BCUT2D eigenvalue weighted by Gasteiger charge is -2.21. The largest absolute Gasteiger partial charge is 0.505 e. The van der Waals surface area contributed by atoms with E-state index >= 15 is 0 Å². The lowest BCUT2D eigenvalue weighted by Crippen LogP contribution is -2.11. The van der Waals surface area contributed by atoms with Gasteiger partial charge in [0.15, 0.2) is 0 Å². The Morgan fingerprint density at radius 1 is 0.833 bits per heavy atom. The van der Waals surface area contributed by atoms with Crippen LogP contribution in [-0.4, -0.2) is 5.11 Å². The Labute approximate surface area is 183 Å². The summed E-state index contributed by atoms with van der Waals surface area (Å²) in [6, 6.07) is 16.0. The quantitative estimate of drug-likeness (QED) is 0.335. The van der Waals surface area contributed by atoms with Crippen molar-refractivity contribution in [1.82, 2.24) is 0 Å². The molecular formula is C25H29N3OS. The zero-order chi connectivity index (χ0) is 22.1. The number of nitrogens with two attached hydrogens (primary N) is 1. The second-order valence-electron chi connectivity index (χ2n) is 8.72. The summed E-state index contributed by atoms with van der Waals surface area (Å²) < 4.78 is 0. The molecule has 0 fully saturated rings. The van der Waals surface area contributed by atoms with Crippen molar-refractivity contribution in [1.29, 1.82) is 0 Å². The topological polar surface area (TPSA) is 71.0 Å². The average molecular weight is 420 g/mol. The van der Waals surface area contributed by atoms with E-state index < -0.39 is 0 Å². The summed E-state index contributed by atoms with van der Waals surface area (Å²) in [5.41, 5.74) is 11.9. The number of aromatic hydroxyl groups is 1. The van der Waals surface area contributed by atoms with Crippen molar-refractivity contribution in [3.05, 3.63) is 70.8 Å². The molecule has 3 N–H and O–H groups in total. The second kappa shape index (κ2) is 8.52. The molecule has 30 heavy (non-hydrogen) atoms. The third-order valence-corrected chi connectivity index (χ3v) is 6.04. The number of phenols is 1. The van der Waals surface area contributed by atoms with Gasteiger partial charge in [-0.3, -0.25) is 0 Å². The number of anilines is 1. The molecule has 4 nitrogen and oxygen atoms in total. The van der Waals surface area contributed by atoms with Crippen molar-refractivity contribution in [3.8, 4) is 5.75 Å². The minimum Gasteiger partial charge on any atom is -0.505 e. The first-order valence-corrected chi connectivity index (χ1v) is 10.8. The Balaban J connectivity index is 1.93. The molecule has 0 radical (unpaired) electrons.